The Balaban J connectivity index is 1.23. The smallest absolute Gasteiger partial charge is 0.272 e. The minimum absolute atomic E-state index is 0.0219. The molecule has 1 aliphatic heterocycles. The van der Waals surface area contributed by atoms with E-state index in [1.807, 2.05) is 64.3 Å². The van der Waals surface area contributed by atoms with E-state index in [0.29, 0.717) is 25.4 Å². The molecule has 0 N–H and O–H groups in total. The van der Waals surface area contributed by atoms with E-state index in [1.54, 1.807) is 11.7 Å². The van der Waals surface area contributed by atoms with Crippen LogP contribution in [0.15, 0.2) is 59.2 Å². The van der Waals surface area contributed by atoms with Crippen LogP contribution < -0.4 is 4.74 Å². The number of hydrogen-bond donors (Lipinski definition) is 0. The van der Waals surface area contributed by atoms with Crippen molar-refractivity contribution in [1.82, 2.24) is 29.7 Å². The van der Waals surface area contributed by atoms with E-state index in [4.69, 9.17) is 4.74 Å². The summed E-state index contributed by atoms with van der Waals surface area (Å²) in [6, 6.07) is 15.5. The summed E-state index contributed by atoms with van der Waals surface area (Å²) < 4.78 is 10.1. The topological polar surface area (TPSA) is 78.1 Å². The number of likely N-dealkylation sites (tertiary alicyclic amines) is 1. The molecule has 2 aromatic carbocycles. The molecule has 1 amide bonds. The Kier molecular flexibility index (Phi) is 4.74. The number of halogens is 1. The van der Waals surface area contributed by atoms with Crippen LogP contribution in [0.25, 0.3) is 10.9 Å². The van der Waals surface area contributed by atoms with Gasteiger partial charge in [0.1, 0.15) is 23.7 Å². The Hall–Kier alpha value is -3.20. The Morgan fingerprint density at radius 1 is 1.20 bits per heavy atom. The van der Waals surface area contributed by atoms with Crippen molar-refractivity contribution in [1.29, 1.82) is 0 Å². The summed E-state index contributed by atoms with van der Waals surface area (Å²) in [7, 11) is 1.80. The number of carbonyl (C=O) groups is 1. The number of para-hydroxylation sites is 1. The van der Waals surface area contributed by atoms with Gasteiger partial charge in [0.05, 0.1) is 17.8 Å². The van der Waals surface area contributed by atoms with Gasteiger partial charge in [0, 0.05) is 30.0 Å². The SMILES string of the molecule is Cn1nc2cc(Br)ccc2c1C(=O)N1CC(n2cc(COc3ccccc3)nn2)C1. The van der Waals surface area contributed by atoms with Crippen molar-refractivity contribution >= 4 is 32.7 Å². The molecule has 30 heavy (non-hydrogen) atoms. The second-order valence-electron chi connectivity index (χ2n) is 7.29. The summed E-state index contributed by atoms with van der Waals surface area (Å²) >= 11 is 3.45. The average Bonchev–Trinajstić information content (AvgIpc) is 3.29. The molecule has 0 atom stereocenters. The first kappa shape index (κ1) is 18.8. The standard InChI is InChI=1S/C21H19BrN6O2/c1-26-20(18-8-7-14(22)9-19(18)24-26)21(29)27-11-16(12-27)28-10-15(23-25-28)13-30-17-5-3-2-4-6-17/h2-10,16H,11-13H2,1H3. The van der Waals surface area contributed by atoms with E-state index < -0.39 is 0 Å². The second-order valence-corrected chi connectivity index (χ2v) is 8.20. The number of fused-ring (bicyclic) bond motifs is 1. The van der Waals surface area contributed by atoms with Gasteiger partial charge in [-0.25, -0.2) is 4.68 Å². The lowest BCUT2D eigenvalue weighted by atomic mass is 10.1. The Morgan fingerprint density at radius 2 is 2.00 bits per heavy atom. The minimum Gasteiger partial charge on any atom is -0.487 e. The number of rotatable bonds is 5. The molecule has 8 nitrogen and oxygen atoms in total. The third kappa shape index (κ3) is 3.45. The van der Waals surface area contributed by atoms with Crippen molar-refractivity contribution in [3.05, 3.63) is 70.6 Å². The zero-order valence-corrected chi connectivity index (χ0v) is 17.9. The summed E-state index contributed by atoms with van der Waals surface area (Å²) in [5.74, 6) is 0.772. The molecule has 1 aliphatic rings. The van der Waals surface area contributed by atoms with Crippen molar-refractivity contribution in [2.45, 2.75) is 12.6 Å². The van der Waals surface area contributed by atoms with Crippen LogP contribution in [0.5, 0.6) is 5.75 Å². The second kappa shape index (κ2) is 7.56. The molecular weight excluding hydrogens is 448 g/mol. The quantitative estimate of drug-likeness (QED) is 0.451. The summed E-state index contributed by atoms with van der Waals surface area (Å²) in [5.41, 5.74) is 2.16. The maximum atomic E-state index is 13.0. The number of benzene rings is 2. The number of hydrogen-bond acceptors (Lipinski definition) is 5. The van der Waals surface area contributed by atoms with Crippen LogP contribution in [0.1, 0.15) is 22.2 Å². The molecule has 0 radical (unpaired) electrons. The summed E-state index contributed by atoms with van der Waals surface area (Å²) in [6.07, 6.45) is 1.88. The van der Waals surface area contributed by atoms with Gasteiger partial charge in [-0.15, -0.1) is 5.10 Å². The van der Waals surface area contributed by atoms with Gasteiger partial charge in [0.2, 0.25) is 0 Å². The molecule has 9 heteroatoms. The molecule has 1 saturated heterocycles. The van der Waals surface area contributed by atoms with Gasteiger partial charge in [-0.05, 0) is 30.3 Å². The highest BCUT2D eigenvalue weighted by atomic mass is 79.9. The van der Waals surface area contributed by atoms with Gasteiger partial charge in [0.25, 0.3) is 5.91 Å². The van der Waals surface area contributed by atoms with E-state index in [2.05, 4.69) is 31.3 Å². The fourth-order valence-electron chi connectivity index (χ4n) is 3.60. The number of amides is 1. The summed E-state index contributed by atoms with van der Waals surface area (Å²) in [4.78, 5) is 14.8. The van der Waals surface area contributed by atoms with Gasteiger partial charge in [-0.2, -0.15) is 5.10 Å². The lowest BCUT2D eigenvalue weighted by Crippen LogP contribution is -2.51. The first-order valence-corrected chi connectivity index (χ1v) is 10.4. The van der Waals surface area contributed by atoms with E-state index in [-0.39, 0.29) is 11.9 Å². The normalized spacial score (nSPS) is 14.1. The van der Waals surface area contributed by atoms with Crippen LogP contribution >= 0.6 is 15.9 Å². The fraction of sp³-hybridized carbons (Fsp3) is 0.238. The number of carbonyl (C=O) groups excluding carboxylic acids is 1. The van der Waals surface area contributed by atoms with Crippen LogP contribution in [0.2, 0.25) is 0 Å². The molecule has 5 rings (SSSR count). The average molecular weight is 467 g/mol. The Morgan fingerprint density at radius 3 is 2.80 bits per heavy atom. The number of aryl methyl sites for hydroxylation is 1. The zero-order valence-electron chi connectivity index (χ0n) is 16.3. The summed E-state index contributed by atoms with van der Waals surface area (Å²) in [6.45, 7) is 1.53. The predicted octanol–water partition coefficient (Wildman–Crippen LogP) is 3.20. The molecule has 3 heterocycles. The predicted molar refractivity (Wildman–Crippen MR) is 114 cm³/mol. The van der Waals surface area contributed by atoms with Gasteiger partial charge < -0.3 is 9.64 Å². The molecule has 0 saturated carbocycles. The molecule has 4 aromatic rings. The fourth-order valence-corrected chi connectivity index (χ4v) is 3.95. The van der Waals surface area contributed by atoms with Gasteiger partial charge in [-0.1, -0.05) is 39.3 Å². The maximum absolute atomic E-state index is 13.0. The third-order valence-electron chi connectivity index (χ3n) is 5.21. The lowest BCUT2D eigenvalue weighted by molar-refractivity contribution is 0.0489. The molecule has 0 unspecified atom stereocenters. The monoisotopic (exact) mass is 466 g/mol. The van der Waals surface area contributed by atoms with Crippen LogP contribution in [0, 0.1) is 0 Å². The Bertz CT molecular complexity index is 1210. The lowest BCUT2D eigenvalue weighted by Gasteiger charge is -2.38. The van der Waals surface area contributed by atoms with E-state index in [0.717, 1.165) is 26.8 Å². The minimum atomic E-state index is -0.0219. The van der Waals surface area contributed by atoms with Gasteiger partial charge in [0.15, 0.2) is 0 Å². The van der Waals surface area contributed by atoms with Crippen LogP contribution in [0.4, 0.5) is 0 Å². The summed E-state index contributed by atoms with van der Waals surface area (Å²) in [5, 5.41) is 13.7. The van der Waals surface area contributed by atoms with Crippen molar-refractivity contribution in [2.75, 3.05) is 13.1 Å². The van der Waals surface area contributed by atoms with Crippen LogP contribution in [-0.4, -0.2) is 48.7 Å². The Labute approximate surface area is 181 Å². The molecule has 1 fully saturated rings. The highest BCUT2D eigenvalue weighted by molar-refractivity contribution is 9.10. The number of nitrogens with zero attached hydrogens (tertiary/aromatic N) is 6. The van der Waals surface area contributed by atoms with Crippen LogP contribution in [0.3, 0.4) is 0 Å². The highest BCUT2D eigenvalue weighted by Crippen LogP contribution is 2.27. The number of ether oxygens (including phenoxy) is 1. The largest absolute Gasteiger partial charge is 0.487 e. The van der Waals surface area contributed by atoms with E-state index >= 15 is 0 Å². The van der Waals surface area contributed by atoms with Crippen molar-refractivity contribution in [2.24, 2.45) is 7.05 Å². The van der Waals surface area contributed by atoms with Crippen LogP contribution in [-0.2, 0) is 13.7 Å². The first-order chi connectivity index (χ1) is 14.6. The molecule has 0 aliphatic carbocycles. The zero-order chi connectivity index (χ0) is 20.7. The maximum Gasteiger partial charge on any atom is 0.272 e. The molecule has 0 bridgehead atoms. The number of aromatic nitrogens is 5. The first-order valence-electron chi connectivity index (χ1n) is 9.58. The molecular formula is C21H19BrN6O2. The van der Waals surface area contributed by atoms with Gasteiger partial charge >= 0.3 is 0 Å². The van der Waals surface area contributed by atoms with Crippen molar-refractivity contribution in [3.8, 4) is 5.75 Å². The van der Waals surface area contributed by atoms with E-state index in [9.17, 15) is 4.79 Å². The van der Waals surface area contributed by atoms with E-state index in [1.165, 1.54) is 0 Å². The third-order valence-corrected chi connectivity index (χ3v) is 5.70. The molecule has 152 valence electrons. The molecule has 2 aromatic heterocycles. The van der Waals surface area contributed by atoms with Gasteiger partial charge in [-0.3, -0.25) is 9.48 Å². The highest BCUT2D eigenvalue weighted by Gasteiger charge is 2.35. The van der Waals surface area contributed by atoms with Crippen molar-refractivity contribution < 1.29 is 9.53 Å². The molecule has 0 spiro atoms. The van der Waals surface area contributed by atoms with Crippen molar-refractivity contribution in [3.63, 3.8) is 0 Å².